The monoisotopic (exact) mass is 291 g/mol. The summed E-state index contributed by atoms with van der Waals surface area (Å²) in [7, 11) is 1.49. The zero-order valence-electron chi connectivity index (χ0n) is 12.9. The normalized spacial score (nSPS) is 13.5. The summed E-state index contributed by atoms with van der Waals surface area (Å²) in [5.74, 6) is 0.400. The molecule has 1 aliphatic rings. The Bertz CT molecular complexity index is 573. The van der Waals surface area contributed by atoms with Crippen molar-refractivity contribution in [1.82, 2.24) is 0 Å². The molecule has 1 aromatic rings. The summed E-state index contributed by atoms with van der Waals surface area (Å²) in [5, 5.41) is 2.75. The minimum Gasteiger partial charge on any atom is -0.494 e. The summed E-state index contributed by atoms with van der Waals surface area (Å²) < 4.78 is 10.6. The molecule has 0 saturated carbocycles. The molecule has 0 radical (unpaired) electrons. The lowest BCUT2D eigenvalue weighted by atomic mass is 10.0. The van der Waals surface area contributed by atoms with Crippen LogP contribution in [-0.2, 0) is 17.6 Å². The number of hydrogen-bond acceptors (Lipinski definition) is 4. The fourth-order valence-electron chi connectivity index (χ4n) is 2.59. The van der Waals surface area contributed by atoms with Gasteiger partial charge in [0.25, 0.3) is 0 Å². The highest BCUT2D eigenvalue weighted by Gasteiger charge is 2.25. The molecule has 1 amide bonds. The maximum absolute atomic E-state index is 12.0. The van der Waals surface area contributed by atoms with Gasteiger partial charge in [-0.3, -0.25) is 10.1 Å². The number of rotatable bonds is 3. The molecular formula is C16H21NO4. The summed E-state index contributed by atoms with van der Waals surface area (Å²) in [5.41, 5.74) is 2.54. The highest BCUT2D eigenvalue weighted by molar-refractivity contribution is 5.93. The molecule has 0 unspecified atom stereocenters. The Morgan fingerprint density at radius 3 is 2.62 bits per heavy atom. The Hall–Kier alpha value is -2.04. The van der Waals surface area contributed by atoms with Gasteiger partial charge in [-0.25, -0.2) is 4.79 Å². The second-order valence-electron chi connectivity index (χ2n) is 6.11. The van der Waals surface area contributed by atoms with Crippen LogP contribution >= 0.6 is 0 Å². The first-order chi connectivity index (χ1) is 9.85. The molecule has 0 aliphatic heterocycles. The Morgan fingerprint density at radius 1 is 1.33 bits per heavy atom. The fraction of sp³-hybridized carbons (Fsp3) is 0.500. The lowest BCUT2D eigenvalue weighted by molar-refractivity contribution is 0.0635. The van der Waals surface area contributed by atoms with E-state index in [1.165, 1.54) is 7.11 Å². The number of nitrogens with one attached hydrogen (secondary N) is 1. The topological polar surface area (TPSA) is 64.6 Å². The predicted octanol–water partition coefficient (Wildman–Crippen LogP) is 3.34. The van der Waals surface area contributed by atoms with Gasteiger partial charge in [0.05, 0.1) is 18.4 Å². The number of fused-ring (bicyclic) bond motifs is 1. The van der Waals surface area contributed by atoms with Crippen LogP contribution in [0.1, 0.15) is 48.7 Å². The molecule has 5 heteroatoms. The zero-order valence-corrected chi connectivity index (χ0v) is 12.9. The van der Waals surface area contributed by atoms with Gasteiger partial charge >= 0.3 is 6.09 Å². The van der Waals surface area contributed by atoms with Gasteiger partial charge in [-0.05, 0) is 57.2 Å². The molecule has 2 rings (SSSR count). The van der Waals surface area contributed by atoms with Crippen molar-refractivity contribution in [3.63, 3.8) is 0 Å². The Balaban J connectivity index is 2.39. The smallest absolute Gasteiger partial charge is 0.412 e. The third kappa shape index (κ3) is 3.35. The van der Waals surface area contributed by atoms with E-state index in [1.54, 1.807) is 20.8 Å². The van der Waals surface area contributed by atoms with E-state index in [0.717, 1.165) is 36.7 Å². The summed E-state index contributed by atoms with van der Waals surface area (Å²) in [6, 6.07) is 1.84. The molecule has 0 saturated heterocycles. The zero-order chi connectivity index (χ0) is 15.6. The Kier molecular flexibility index (Phi) is 4.21. The number of benzene rings is 1. The molecule has 1 aromatic carbocycles. The maximum Gasteiger partial charge on any atom is 0.412 e. The number of aldehydes is 1. The SMILES string of the molecule is COc1c(C=O)cc2c(c1NC(=O)OC(C)(C)C)CCC2. The van der Waals surface area contributed by atoms with Gasteiger partial charge < -0.3 is 9.47 Å². The average molecular weight is 291 g/mol. The average Bonchev–Trinajstić information content (AvgIpc) is 2.83. The molecule has 1 aliphatic carbocycles. The first kappa shape index (κ1) is 15.4. The molecule has 0 heterocycles. The maximum atomic E-state index is 12.0. The summed E-state index contributed by atoms with van der Waals surface area (Å²) >= 11 is 0. The molecule has 21 heavy (non-hydrogen) atoms. The summed E-state index contributed by atoms with van der Waals surface area (Å²) in [4.78, 5) is 23.2. The standard InChI is InChI=1S/C16H21NO4/c1-16(2,3)21-15(19)17-13-12-7-5-6-10(12)8-11(9-18)14(13)20-4/h8-9H,5-7H2,1-4H3,(H,17,19). The van der Waals surface area contributed by atoms with E-state index in [2.05, 4.69) is 5.32 Å². The number of ether oxygens (including phenoxy) is 2. The Labute approximate surface area is 124 Å². The van der Waals surface area contributed by atoms with Gasteiger partial charge in [-0.1, -0.05) is 0 Å². The quantitative estimate of drug-likeness (QED) is 0.867. The summed E-state index contributed by atoms with van der Waals surface area (Å²) in [6.45, 7) is 5.41. The van der Waals surface area contributed by atoms with E-state index in [9.17, 15) is 9.59 Å². The van der Waals surface area contributed by atoms with Crippen molar-refractivity contribution in [2.75, 3.05) is 12.4 Å². The molecule has 114 valence electrons. The minimum absolute atomic E-state index is 0.400. The molecule has 0 aromatic heterocycles. The number of hydrogen-bond donors (Lipinski definition) is 1. The van der Waals surface area contributed by atoms with Gasteiger partial charge in [-0.15, -0.1) is 0 Å². The van der Waals surface area contributed by atoms with Crippen molar-refractivity contribution in [3.8, 4) is 5.75 Å². The Morgan fingerprint density at radius 2 is 2.05 bits per heavy atom. The van der Waals surface area contributed by atoms with Crippen LogP contribution in [0, 0.1) is 0 Å². The second-order valence-corrected chi connectivity index (χ2v) is 6.11. The van der Waals surface area contributed by atoms with Crippen molar-refractivity contribution in [1.29, 1.82) is 0 Å². The van der Waals surface area contributed by atoms with Crippen LogP contribution in [0.5, 0.6) is 5.75 Å². The van der Waals surface area contributed by atoms with Crippen LogP contribution in [0.2, 0.25) is 0 Å². The lowest BCUT2D eigenvalue weighted by Gasteiger charge is -2.22. The van der Waals surface area contributed by atoms with E-state index in [1.807, 2.05) is 6.07 Å². The van der Waals surface area contributed by atoms with E-state index in [0.29, 0.717) is 17.0 Å². The van der Waals surface area contributed by atoms with Gasteiger partial charge in [0.15, 0.2) is 12.0 Å². The van der Waals surface area contributed by atoms with Crippen molar-refractivity contribution in [2.45, 2.75) is 45.6 Å². The molecule has 5 nitrogen and oxygen atoms in total. The van der Waals surface area contributed by atoms with Crippen molar-refractivity contribution in [2.24, 2.45) is 0 Å². The van der Waals surface area contributed by atoms with Gasteiger partial charge in [0, 0.05) is 0 Å². The van der Waals surface area contributed by atoms with Gasteiger partial charge in [0.2, 0.25) is 0 Å². The third-order valence-electron chi connectivity index (χ3n) is 3.34. The van der Waals surface area contributed by atoms with Crippen molar-refractivity contribution in [3.05, 3.63) is 22.8 Å². The summed E-state index contributed by atoms with van der Waals surface area (Å²) in [6.07, 6.45) is 2.97. The molecule has 0 spiro atoms. The highest BCUT2D eigenvalue weighted by atomic mass is 16.6. The van der Waals surface area contributed by atoms with E-state index < -0.39 is 11.7 Å². The molecule has 0 bridgehead atoms. The van der Waals surface area contributed by atoms with Crippen LogP contribution < -0.4 is 10.1 Å². The van der Waals surface area contributed by atoms with Crippen molar-refractivity contribution < 1.29 is 19.1 Å². The minimum atomic E-state index is -0.581. The van der Waals surface area contributed by atoms with Crippen LogP contribution in [0.25, 0.3) is 0 Å². The predicted molar refractivity (Wildman–Crippen MR) is 80.3 cm³/mol. The number of amides is 1. The fourth-order valence-corrected chi connectivity index (χ4v) is 2.59. The van der Waals surface area contributed by atoms with E-state index in [-0.39, 0.29) is 0 Å². The van der Waals surface area contributed by atoms with Crippen LogP contribution in [0.15, 0.2) is 6.07 Å². The molecule has 0 atom stereocenters. The second kappa shape index (κ2) is 5.76. The van der Waals surface area contributed by atoms with Crippen LogP contribution in [0.3, 0.4) is 0 Å². The van der Waals surface area contributed by atoms with Crippen LogP contribution in [-0.4, -0.2) is 25.1 Å². The first-order valence-electron chi connectivity index (χ1n) is 7.03. The van der Waals surface area contributed by atoms with Crippen LogP contribution in [0.4, 0.5) is 10.5 Å². The van der Waals surface area contributed by atoms with Crippen molar-refractivity contribution >= 4 is 18.1 Å². The third-order valence-corrected chi connectivity index (χ3v) is 3.34. The van der Waals surface area contributed by atoms with E-state index >= 15 is 0 Å². The van der Waals surface area contributed by atoms with Gasteiger partial charge in [-0.2, -0.15) is 0 Å². The van der Waals surface area contributed by atoms with E-state index in [4.69, 9.17) is 9.47 Å². The number of methoxy groups -OCH3 is 1. The molecule has 0 fully saturated rings. The number of carbonyl (C=O) groups excluding carboxylic acids is 2. The molecule has 1 N–H and O–H groups in total. The van der Waals surface area contributed by atoms with Gasteiger partial charge in [0.1, 0.15) is 5.60 Å². The lowest BCUT2D eigenvalue weighted by Crippen LogP contribution is -2.27. The molecular weight excluding hydrogens is 270 g/mol. The number of anilines is 1. The highest BCUT2D eigenvalue weighted by Crippen LogP contribution is 2.39. The first-order valence-corrected chi connectivity index (χ1v) is 7.03. The number of carbonyl (C=O) groups is 2. The number of aryl methyl sites for hydroxylation is 1. The largest absolute Gasteiger partial charge is 0.494 e.